The Hall–Kier alpha value is -0.610. The van der Waals surface area contributed by atoms with Crippen LogP contribution in [0, 0.1) is 5.92 Å². The van der Waals surface area contributed by atoms with Gasteiger partial charge in [-0.2, -0.15) is 0 Å². The normalized spacial score (nSPS) is 31.1. The van der Waals surface area contributed by atoms with E-state index in [1.807, 2.05) is 0 Å². The molecule has 3 atom stereocenters. The quantitative estimate of drug-likeness (QED) is 0.824. The van der Waals surface area contributed by atoms with Gasteiger partial charge in [-0.05, 0) is 26.2 Å². The molecule has 2 rings (SSSR count). The van der Waals surface area contributed by atoms with Crippen molar-refractivity contribution in [1.82, 2.24) is 10.2 Å². The summed E-state index contributed by atoms with van der Waals surface area (Å²) in [6, 6.07) is 0.698. The number of carbonyl (C=O) groups is 1. The Morgan fingerprint density at radius 3 is 2.72 bits per heavy atom. The first-order valence-electron chi connectivity index (χ1n) is 7.24. The molecule has 0 saturated carbocycles. The Bertz CT molecular complexity index is 288. The van der Waals surface area contributed by atoms with Gasteiger partial charge in [-0.25, -0.2) is 0 Å². The van der Waals surface area contributed by atoms with Crippen LogP contribution in [0.2, 0.25) is 0 Å². The second kappa shape index (κ2) is 6.02. The van der Waals surface area contributed by atoms with Crippen LogP contribution in [-0.2, 0) is 9.53 Å². The average molecular weight is 254 g/mol. The zero-order valence-corrected chi connectivity index (χ0v) is 11.8. The summed E-state index contributed by atoms with van der Waals surface area (Å²) in [7, 11) is 0. The fourth-order valence-electron chi connectivity index (χ4n) is 3.05. The number of carbonyl (C=O) groups excluding carboxylic acids is 1. The minimum atomic E-state index is 0.0171. The fraction of sp³-hybridized carbons (Fsp3) is 0.929. The van der Waals surface area contributed by atoms with Crippen LogP contribution < -0.4 is 5.32 Å². The zero-order valence-electron chi connectivity index (χ0n) is 11.8. The van der Waals surface area contributed by atoms with E-state index in [9.17, 15) is 4.79 Å². The lowest BCUT2D eigenvalue weighted by atomic mass is 9.95. The maximum absolute atomic E-state index is 12.5. The molecule has 0 aromatic heterocycles. The lowest BCUT2D eigenvalue weighted by Gasteiger charge is -2.39. The summed E-state index contributed by atoms with van der Waals surface area (Å²) in [6.07, 6.45) is 3.17. The molecular formula is C14H26N2O2. The van der Waals surface area contributed by atoms with Crippen LogP contribution in [0.3, 0.4) is 0 Å². The molecule has 2 fully saturated rings. The van der Waals surface area contributed by atoms with Crippen molar-refractivity contribution in [2.24, 2.45) is 5.92 Å². The highest BCUT2D eigenvalue weighted by atomic mass is 16.5. The molecule has 1 amide bonds. The van der Waals surface area contributed by atoms with Crippen molar-refractivity contribution < 1.29 is 9.53 Å². The molecule has 4 nitrogen and oxygen atoms in total. The summed E-state index contributed by atoms with van der Waals surface area (Å²) in [6.45, 7) is 8.95. The third kappa shape index (κ3) is 3.04. The third-order valence-electron chi connectivity index (χ3n) is 4.15. The van der Waals surface area contributed by atoms with Crippen LogP contribution in [0.5, 0.6) is 0 Å². The van der Waals surface area contributed by atoms with Gasteiger partial charge in [0.05, 0.1) is 12.6 Å². The Balaban J connectivity index is 1.96. The number of rotatable bonds is 4. The van der Waals surface area contributed by atoms with Crippen molar-refractivity contribution >= 4 is 5.91 Å². The second-order valence-corrected chi connectivity index (χ2v) is 5.91. The molecule has 104 valence electrons. The van der Waals surface area contributed by atoms with E-state index in [1.165, 1.54) is 0 Å². The van der Waals surface area contributed by atoms with Gasteiger partial charge >= 0.3 is 0 Å². The van der Waals surface area contributed by atoms with Crippen LogP contribution in [0.15, 0.2) is 0 Å². The first-order chi connectivity index (χ1) is 8.59. The predicted octanol–water partition coefficient (Wildman–Crippen LogP) is 1.40. The standard InChI is InChI=1S/C14H26N2O2/c1-10(2)15-13-5-4-7-16(14(13)17)11(3)12-6-8-18-9-12/h10-13,15H,4-9H2,1-3H3. The average Bonchev–Trinajstić information content (AvgIpc) is 2.84. The summed E-state index contributed by atoms with van der Waals surface area (Å²) in [5.41, 5.74) is 0. The topological polar surface area (TPSA) is 41.6 Å². The molecule has 2 saturated heterocycles. The van der Waals surface area contributed by atoms with E-state index in [1.54, 1.807) is 0 Å². The van der Waals surface area contributed by atoms with Gasteiger partial charge in [0.25, 0.3) is 0 Å². The summed E-state index contributed by atoms with van der Waals surface area (Å²) in [4.78, 5) is 14.6. The molecule has 4 heteroatoms. The van der Waals surface area contributed by atoms with Crippen molar-refractivity contribution in [2.75, 3.05) is 19.8 Å². The van der Waals surface area contributed by atoms with E-state index in [0.717, 1.165) is 39.0 Å². The molecule has 2 aliphatic heterocycles. The number of nitrogens with one attached hydrogen (secondary N) is 1. The van der Waals surface area contributed by atoms with Gasteiger partial charge in [-0.3, -0.25) is 4.79 Å². The van der Waals surface area contributed by atoms with Gasteiger partial charge in [-0.15, -0.1) is 0 Å². The first-order valence-corrected chi connectivity index (χ1v) is 7.24. The number of hydrogen-bond donors (Lipinski definition) is 1. The van der Waals surface area contributed by atoms with Crippen molar-refractivity contribution in [2.45, 2.75) is 58.2 Å². The van der Waals surface area contributed by atoms with E-state index in [4.69, 9.17) is 4.74 Å². The van der Waals surface area contributed by atoms with Gasteiger partial charge in [0.1, 0.15) is 0 Å². The number of hydrogen-bond acceptors (Lipinski definition) is 3. The maximum atomic E-state index is 12.5. The van der Waals surface area contributed by atoms with Crippen molar-refractivity contribution in [1.29, 1.82) is 0 Å². The molecular weight excluding hydrogens is 228 g/mol. The third-order valence-corrected chi connectivity index (χ3v) is 4.15. The van der Waals surface area contributed by atoms with Gasteiger partial charge < -0.3 is 15.0 Å². The minimum Gasteiger partial charge on any atom is -0.381 e. The largest absolute Gasteiger partial charge is 0.381 e. The van der Waals surface area contributed by atoms with Gasteiger partial charge in [0.15, 0.2) is 0 Å². The molecule has 0 radical (unpaired) electrons. The van der Waals surface area contributed by atoms with Gasteiger partial charge in [-0.1, -0.05) is 13.8 Å². The fourth-order valence-corrected chi connectivity index (χ4v) is 3.05. The van der Waals surface area contributed by atoms with Crippen molar-refractivity contribution in [3.05, 3.63) is 0 Å². The Kier molecular flexibility index (Phi) is 4.62. The molecule has 18 heavy (non-hydrogen) atoms. The summed E-state index contributed by atoms with van der Waals surface area (Å²) in [5.74, 6) is 0.807. The summed E-state index contributed by atoms with van der Waals surface area (Å²) < 4.78 is 5.44. The Morgan fingerprint density at radius 2 is 2.11 bits per heavy atom. The van der Waals surface area contributed by atoms with Crippen LogP contribution in [-0.4, -0.2) is 48.7 Å². The highest BCUT2D eigenvalue weighted by molar-refractivity contribution is 5.83. The molecule has 0 aliphatic carbocycles. The monoisotopic (exact) mass is 254 g/mol. The maximum Gasteiger partial charge on any atom is 0.239 e. The van der Waals surface area contributed by atoms with Crippen molar-refractivity contribution in [3.63, 3.8) is 0 Å². The van der Waals surface area contributed by atoms with Crippen LogP contribution in [0.25, 0.3) is 0 Å². The molecule has 0 bridgehead atoms. The highest BCUT2D eigenvalue weighted by Gasteiger charge is 2.35. The van der Waals surface area contributed by atoms with E-state index in [0.29, 0.717) is 18.0 Å². The molecule has 0 spiro atoms. The summed E-state index contributed by atoms with van der Waals surface area (Å²) >= 11 is 0. The first kappa shape index (κ1) is 13.8. The van der Waals surface area contributed by atoms with Crippen LogP contribution in [0.4, 0.5) is 0 Å². The second-order valence-electron chi connectivity index (χ2n) is 5.91. The van der Waals surface area contributed by atoms with Crippen LogP contribution >= 0.6 is 0 Å². The molecule has 0 aromatic carbocycles. The molecule has 2 heterocycles. The number of amides is 1. The smallest absolute Gasteiger partial charge is 0.239 e. The summed E-state index contributed by atoms with van der Waals surface area (Å²) in [5, 5.41) is 3.38. The highest BCUT2D eigenvalue weighted by Crippen LogP contribution is 2.24. The van der Waals surface area contributed by atoms with Crippen molar-refractivity contribution in [3.8, 4) is 0 Å². The van der Waals surface area contributed by atoms with Crippen LogP contribution in [0.1, 0.15) is 40.0 Å². The number of ether oxygens (including phenoxy) is 1. The lowest BCUT2D eigenvalue weighted by Crippen LogP contribution is -2.56. The van der Waals surface area contributed by atoms with E-state index >= 15 is 0 Å². The number of nitrogens with zero attached hydrogens (tertiary/aromatic N) is 1. The molecule has 1 N–H and O–H groups in total. The SMILES string of the molecule is CC(C)NC1CCCN(C(C)C2CCOC2)C1=O. The Morgan fingerprint density at radius 1 is 1.33 bits per heavy atom. The molecule has 3 unspecified atom stereocenters. The predicted molar refractivity (Wildman–Crippen MR) is 71.4 cm³/mol. The lowest BCUT2D eigenvalue weighted by molar-refractivity contribution is -0.139. The van der Waals surface area contributed by atoms with Gasteiger partial charge in [0.2, 0.25) is 5.91 Å². The molecule has 2 aliphatic rings. The number of likely N-dealkylation sites (tertiary alicyclic amines) is 1. The zero-order chi connectivity index (χ0) is 13.1. The minimum absolute atomic E-state index is 0.0171. The van der Waals surface area contributed by atoms with E-state index in [2.05, 4.69) is 31.0 Å². The number of piperidine rings is 1. The van der Waals surface area contributed by atoms with E-state index < -0.39 is 0 Å². The molecule has 0 aromatic rings. The van der Waals surface area contributed by atoms with E-state index in [-0.39, 0.29) is 11.9 Å². The Labute approximate surface area is 110 Å². The van der Waals surface area contributed by atoms with Gasteiger partial charge in [0, 0.05) is 31.2 Å².